The van der Waals surface area contributed by atoms with E-state index in [1.54, 1.807) is 11.7 Å². The summed E-state index contributed by atoms with van der Waals surface area (Å²) in [6, 6.07) is 7.17. The summed E-state index contributed by atoms with van der Waals surface area (Å²) in [7, 11) is 1.73. The highest BCUT2D eigenvalue weighted by Crippen LogP contribution is 2.31. The van der Waals surface area contributed by atoms with Gasteiger partial charge in [0.05, 0.1) is 0 Å². The molecule has 1 aromatic heterocycles. The van der Waals surface area contributed by atoms with Gasteiger partial charge in [-0.3, -0.25) is 14.8 Å². The van der Waals surface area contributed by atoms with Crippen molar-refractivity contribution in [3.8, 4) is 0 Å². The summed E-state index contributed by atoms with van der Waals surface area (Å²) in [5.74, 6) is 0.932. The Kier molecular flexibility index (Phi) is 3.77. The van der Waals surface area contributed by atoms with Gasteiger partial charge in [-0.2, -0.15) is 5.10 Å². The van der Waals surface area contributed by atoms with E-state index in [4.69, 9.17) is 0 Å². The molecule has 0 aliphatic carbocycles. The van der Waals surface area contributed by atoms with E-state index in [-0.39, 0.29) is 17.9 Å². The molecule has 120 valence electrons. The van der Waals surface area contributed by atoms with Crippen LogP contribution in [0.25, 0.3) is 0 Å². The van der Waals surface area contributed by atoms with Crippen LogP contribution in [-0.4, -0.2) is 21.7 Å². The van der Waals surface area contributed by atoms with Crippen molar-refractivity contribution in [2.45, 2.75) is 20.3 Å². The summed E-state index contributed by atoms with van der Waals surface area (Å²) in [6.07, 6.45) is 0.551. The van der Waals surface area contributed by atoms with Crippen molar-refractivity contribution in [3.05, 3.63) is 35.4 Å². The molecular weight excluding hydrogens is 294 g/mol. The van der Waals surface area contributed by atoms with Gasteiger partial charge in [-0.05, 0) is 25.5 Å². The Morgan fingerprint density at radius 1 is 1.30 bits per heavy atom. The van der Waals surface area contributed by atoms with Crippen molar-refractivity contribution in [1.29, 1.82) is 0 Å². The maximum atomic E-state index is 12.1. The number of aromatic nitrogens is 2. The number of hydrogen-bond acceptors (Lipinski definition) is 3. The topological polar surface area (TPSA) is 88.1 Å². The number of amides is 3. The number of anilines is 3. The van der Waals surface area contributed by atoms with Crippen LogP contribution in [0.3, 0.4) is 0 Å². The van der Waals surface area contributed by atoms with Crippen molar-refractivity contribution in [3.63, 3.8) is 0 Å². The van der Waals surface area contributed by atoms with E-state index in [0.717, 1.165) is 11.1 Å². The first-order valence-electron chi connectivity index (χ1n) is 7.45. The molecule has 0 bridgehead atoms. The van der Waals surface area contributed by atoms with Gasteiger partial charge in [0.1, 0.15) is 5.82 Å². The predicted molar refractivity (Wildman–Crippen MR) is 88.5 cm³/mol. The molecule has 2 aromatic rings. The minimum atomic E-state index is -0.362. The Morgan fingerprint density at radius 3 is 2.70 bits per heavy atom. The second kappa shape index (κ2) is 5.75. The molecule has 0 spiro atoms. The number of carbonyl (C=O) groups is 2. The Morgan fingerprint density at radius 2 is 2.00 bits per heavy atom. The minimum absolute atomic E-state index is 0.0313. The Bertz CT molecular complexity index is 764. The molecule has 3 N–H and O–H groups in total. The van der Waals surface area contributed by atoms with Gasteiger partial charge in [0, 0.05) is 24.2 Å². The van der Waals surface area contributed by atoms with E-state index in [1.165, 1.54) is 0 Å². The highest BCUT2D eigenvalue weighted by Gasteiger charge is 2.29. The lowest BCUT2D eigenvalue weighted by Crippen LogP contribution is -2.29. The van der Waals surface area contributed by atoms with Gasteiger partial charge in [0.15, 0.2) is 5.82 Å². The van der Waals surface area contributed by atoms with Crippen molar-refractivity contribution in [2.75, 3.05) is 16.0 Å². The van der Waals surface area contributed by atoms with E-state index in [0.29, 0.717) is 23.7 Å². The Labute approximate surface area is 134 Å². The van der Waals surface area contributed by atoms with Crippen LogP contribution in [0.1, 0.15) is 18.1 Å². The number of nitrogens with one attached hydrogen (secondary N) is 3. The lowest BCUT2D eigenvalue weighted by atomic mass is 9.98. The molecule has 0 saturated heterocycles. The molecule has 1 aromatic carbocycles. The summed E-state index contributed by atoms with van der Waals surface area (Å²) >= 11 is 0. The molecule has 0 fully saturated rings. The summed E-state index contributed by atoms with van der Waals surface area (Å²) < 4.78 is 1.57. The van der Waals surface area contributed by atoms with Crippen molar-refractivity contribution in [1.82, 2.24) is 9.78 Å². The zero-order valence-electron chi connectivity index (χ0n) is 13.3. The lowest BCUT2D eigenvalue weighted by molar-refractivity contribution is -0.119. The number of benzene rings is 1. The van der Waals surface area contributed by atoms with Crippen LogP contribution in [0, 0.1) is 12.8 Å². The van der Waals surface area contributed by atoms with Crippen molar-refractivity contribution < 1.29 is 9.59 Å². The summed E-state index contributed by atoms with van der Waals surface area (Å²) in [4.78, 5) is 23.9. The molecule has 2 heterocycles. The van der Waals surface area contributed by atoms with Crippen LogP contribution in [-0.2, 0) is 18.3 Å². The predicted octanol–water partition coefficient (Wildman–Crippen LogP) is 2.50. The third-order valence-corrected chi connectivity index (χ3v) is 3.89. The first kappa shape index (κ1) is 15.1. The number of fused-ring (bicyclic) bond motifs is 1. The fourth-order valence-corrected chi connectivity index (χ4v) is 2.56. The first-order chi connectivity index (χ1) is 10.9. The van der Waals surface area contributed by atoms with E-state index in [1.807, 2.05) is 38.1 Å². The van der Waals surface area contributed by atoms with Crippen LogP contribution in [0.5, 0.6) is 0 Å². The maximum absolute atomic E-state index is 12.1. The monoisotopic (exact) mass is 313 g/mol. The summed E-state index contributed by atoms with van der Waals surface area (Å²) in [5.41, 5.74) is 2.68. The molecule has 1 unspecified atom stereocenters. The van der Waals surface area contributed by atoms with E-state index in [2.05, 4.69) is 21.0 Å². The molecular formula is C16H19N5O2. The molecule has 1 aliphatic heterocycles. The van der Waals surface area contributed by atoms with E-state index in [9.17, 15) is 9.59 Å². The maximum Gasteiger partial charge on any atom is 0.324 e. The second-order valence-electron chi connectivity index (χ2n) is 5.84. The van der Waals surface area contributed by atoms with Crippen LogP contribution < -0.4 is 16.0 Å². The second-order valence-corrected chi connectivity index (χ2v) is 5.84. The number of hydrogen-bond donors (Lipinski definition) is 3. The zero-order valence-corrected chi connectivity index (χ0v) is 13.3. The van der Waals surface area contributed by atoms with Crippen LogP contribution >= 0.6 is 0 Å². The molecule has 3 amide bonds. The van der Waals surface area contributed by atoms with Gasteiger partial charge in [0.2, 0.25) is 5.91 Å². The van der Waals surface area contributed by atoms with Crippen LogP contribution in [0.4, 0.5) is 22.1 Å². The van der Waals surface area contributed by atoms with Crippen LogP contribution in [0.15, 0.2) is 24.3 Å². The first-order valence-corrected chi connectivity index (χ1v) is 7.45. The molecule has 3 rings (SSSR count). The molecule has 7 nitrogen and oxygen atoms in total. The lowest BCUT2D eigenvalue weighted by Gasteiger charge is -2.19. The normalized spacial score (nSPS) is 16.5. The number of carbonyl (C=O) groups excluding carboxylic acids is 2. The third kappa shape index (κ3) is 3.03. The summed E-state index contributed by atoms with van der Waals surface area (Å²) in [5, 5.41) is 12.6. The Hall–Kier alpha value is -2.83. The standard InChI is InChI=1S/C16H19N5O2/c1-9-4-6-11(7-5-9)17-16(23)18-13-12-8-10(2)15(22)19-14(12)21(3)20-13/h4-7,10H,8H2,1-3H3,(H,19,22)(H2,17,18,20,23). The molecule has 0 saturated carbocycles. The minimum Gasteiger partial charge on any atom is -0.310 e. The SMILES string of the molecule is Cc1ccc(NC(=O)Nc2nn(C)c3c2CC(C)C(=O)N3)cc1. The average Bonchev–Trinajstić information content (AvgIpc) is 2.78. The van der Waals surface area contributed by atoms with E-state index < -0.39 is 0 Å². The molecule has 0 radical (unpaired) electrons. The van der Waals surface area contributed by atoms with Crippen LogP contribution in [0.2, 0.25) is 0 Å². The zero-order chi connectivity index (χ0) is 16.6. The summed E-state index contributed by atoms with van der Waals surface area (Å²) in [6.45, 7) is 3.83. The fourth-order valence-electron chi connectivity index (χ4n) is 2.56. The Balaban J connectivity index is 1.76. The van der Waals surface area contributed by atoms with Gasteiger partial charge >= 0.3 is 6.03 Å². The van der Waals surface area contributed by atoms with Crippen molar-refractivity contribution >= 4 is 29.3 Å². The largest absolute Gasteiger partial charge is 0.324 e. The van der Waals surface area contributed by atoms with Gasteiger partial charge < -0.3 is 10.6 Å². The van der Waals surface area contributed by atoms with Crippen molar-refractivity contribution in [2.24, 2.45) is 13.0 Å². The third-order valence-electron chi connectivity index (χ3n) is 3.89. The highest BCUT2D eigenvalue weighted by atomic mass is 16.2. The van der Waals surface area contributed by atoms with Gasteiger partial charge in [-0.25, -0.2) is 4.79 Å². The van der Waals surface area contributed by atoms with E-state index >= 15 is 0 Å². The highest BCUT2D eigenvalue weighted by molar-refractivity contribution is 6.01. The van der Waals surface area contributed by atoms with Gasteiger partial charge in [0.25, 0.3) is 0 Å². The molecule has 1 atom stereocenters. The molecule has 1 aliphatic rings. The van der Waals surface area contributed by atoms with Gasteiger partial charge in [-0.15, -0.1) is 0 Å². The molecule has 7 heteroatoms. The number of aryl methyl sites for hydroxylation is 2. The number of urea groups is 1. The fraction of sp³-hybridized carbons (Fsp3) is 0.312. The average molecular weight is 313 g/mol. The molecule has 23 heavy (non-hydrogen) atoms. The number of rotatable bonds is 2. The number of nitrogens with zero attached hydrogens (tertiary/aromatic N) is 2. The quantitative estimate of drug-likeness (QED) is 0.796. The van der Waals surface area contributed by atoms with Gasteiger partial charge in [-0.1, -0.05) is 24.6 Å². The smallest absolute Gasteiger partial charge is 0.310 e.